The van der Waals surface area contributed by atoms with Gasteiger partial charge in [0.05, 0.1) is 0 Å². The lowest BCUT2D eigenvalue weighted by Gasteiger charge is -2.60. The molecule has 0 unspecified atom stereocenters. The summed E-state index contributed by atoms with van der Waals surface area (Å²) in [6.07, 6.45) is 7.11. The molecule has 2 fully saturated rings. The normalized spacial score (nSPS) is 37.6. The standard InChI is InChI=1S/C13H25N.C3H8/c1-11(2)12(3)8-13(9-12)6-5-7-14(4)10-13;1-3-2/h11H,5-10H2,1-4H3;3H2,1-2H3. The molecule has 2 aliphatic rings. The molecule has 1 spiro atoms. The summed E-state index contributed by atoms with van der Waals surface area (Å²) in [6.45, 7) is 14.2. The lowest BCUT2D eigenvalue weighted by atomic mass is 9.48. The van der Waals surface area contributed by atoms with Gasteiger partial charge in [-0.3, -0.25) is 0 Å². The zero-order chi connectivity index (χ0) is 13.1. The number of rotatable bonds is 1. The smallest absolute Gasteiger partial charge is 0.00353 e. The molecule has 1 saturated heterocycles. The van der Waals surface area contributed by atoms with E-state index in [0.29, 0.717) is 10.8 Å². The number of likely N-dealkylation sites (tertiary alicyclic amines) is 1. The summed E-state index contributed by atoms with van der Waals surface area (Å²) in [5.74, 6) is 0.861. The molecule has 0 aromatic rings. The SMILES string of the molecule is CC(C)C1(C)CC2(CCCN(C)C2)C1.CCC. The van der Waals surface area contributed by atoms with Crippen LogP contribution in [0.1, 0.15) is 66.7 Å². The van der Waals surface area contributed by atoms with Gasteiger partial charge in [0.25, 0.3) is 0 Å². The minimum atomic E-state index is 0.651. The van der Waals surface area contributed by atoms with Gasteiger partial charge in [-0.1, -0.05) is 41.0 Å². The molecule has 102 valence electrons. The highest BCUT2D eigenvalue weighted by Gasteiger charge is 2.53. The van der Waals surface area contributed by atoms with E-state index < -0.39 is 0 Å². The lowest BCUT2D eigenvalue weighted by molar-refractivity contribution is -0.0965. The highest BCUT2D eigenvalue weighted by atomic mass is 15.1. The topological polar surface area (TPSA) is 3.24 Å². The fourth-order valence-corrected chi connectivity index (χ4v) is 3.81. The first kappa shape index (κ1) is 15.0. The highest BCUT2D eigenvalue weighted by Crippen LogP contribution is 2.61. The molecule has 0 amide bonds. The van der Waals surface area contributed by atoms with Crippen LogP contribution in [0, 0.1) is 16.7 Å². The predicted molar refractivity (Wildman–Crippen MR) is 77.3 cm³/mol. The zero-order valence-electron chi connectivity index (χ0n) is 13.0. The van der Waals surface area contributed by atoms with Crippen molar-refractivity contribution in [2.75, 3.05) is 20.1 Å². The largest absolute Gasteiger partial charge is 0.306 e. The van der Waals surface area contributed by atoms with Crippen LogP contribution in [0.3, 0.4) is 0 Å². The molecule has 0 atom stereocenters. The van der Waals surface area contributed by atoms with Crippen LogP contribution >= 0.6 is 0 Å². The average Bonchev–Trinajstić information content (AvgIpc) is 2.16. The lowest BCUT2D eigenvalue weighted by Crippen LogP contribution is -2.55. The van der Waals surface area contributed by atoms with Crippen LogP contribution in [-0.2, 0) is 0 Å². The molecule has 0 N–H and O–H groups in total. The van der Waals surface area contributed by atoms with Crippen LogP contribution in [0.4, 0.5) is 0 Å². The maximum absolute atomic E-state index is 2.53. The Balaban J connectivity index is 0.000000437. The summed E-state index contributed by atoms with van der Waals surface area (Å²) in [5.41, 5.74) is 1.37. The Hall–Kier alpha value is -0.0400. The molecule has 1 saturated carbocycles. The zero-order valence-corrected chi connectivity index (χ0v) is 13.0. The van der Waals surface area contributed by atoms with Crippen LogP contribution < -0.4 is 0 Å². The van der Waals surface area contributed by atoms with Crippen molar-refractivity contribution in [3.63, 3.8) is 0 Å². The molecule has 0 bridgehead atoms. The van der Waals surface area contributed by atoms with Crippen molar-refractivity contribution >= 4 is 0 Å². The van der Waals surface area contributed by atoms with E-state index in [0.717, 1.165) is 5.92 Å². The summed E-state index contributed by atoms with van der Waals surface area (Å²) < 4.78 is 0. The summed E-state index contributed by atoms with van der Waals surface area (Å²) >= 11 is 0. The van der Waals surface area contributed by atoms with Gasteiger partial charge in [-0.05, 0) is 56.0 Å². The molecule has 1 aliphatic carbocycles. The summed E-state index contributed by atoms with van der Waals surface area (Å²) in [6, 6.07) is 0. The second kappa shape index (κ2) is 5.73. The van der Waals surface area contributed by atoms with E-state index in [1.807, 2.05) is 0 Å². The molecular weight excluding hydrogens is 206 g/mol. The summed E-state index contributed by atoms with van der Waals surface area (Å²) in [5, 5.41) is 0. The third-order valence-corrected chi connectivity index (χ3v) is 4.80. The molecular formula is C16H33N. The second-order valence-electron chi connectivity index (χ2n) is 7.21. The van der Waals surface area contributed by atoms with Gasteiger partial charge in [0.2, 0.25) is 0 Å². The number of nitrogens with zero attached hydrogens (tertiary/aromatic N) is 1. The van der Waals surface area contributed by atoms with Gasteiger partial charge in [0.1, 0.15) is 0 Å². The van der Waals surface area contributed by atoms with Crippen molar-refractivity contribution in [2.24, 2.45) is 16.7 Å². The quantitative estimate of drug-likeness (QED) is 0.648. The van der Waals surface area contributed by atoms with Crippen LogP contribution in [-0.4, -0.2) is 25.0 Å². The van der Waals surface area contributed by atoms with Crippen molar-refractivity contribution in [1.82, 2.24) is 4.90 Å². The van der Waals surface area contributed by atoms with E-state index in [4.69, 9.17) is 0 Å². The van der Waals surface area contributed by atoms with Crippen molar-refractivity contribution in [2.45, 2.75) is 66.7 Å². The Bertz CT molecular complexity index is 226. The number of hydrogen-bond donors (Lipinski definition) is 0. The maximum atomic E-state index is 2.53. The Morgan fingerprint density at radius 1 is 1.18 bits per heavy atom. The first-order valence-corrected chi connectivity index (χ1v) is 7.56. The molecule has 0 radical (unpaired) electrons. The third kappa shape index (κ3) is 3.47. The van der Waals surface area contributed by atoms with E-state index in [1.165, 1.54) is 45.2 Å². The first-order valence-electron chi connectivity index (χ1n) is 7.56. The van der Waals surface area contributed by atoms with Crippen LogP contribution in [0.5, 0.6) is 0 Å². The summed E-state index contributed by atoms with van der Waals surface area (Å²) in [7, 11) is 2.28. The highest BCUT2D eigenvalue weighted by molar-refractivity contribution is 5.04. The van der Waals surface area contributed by atoms with Gasteiger partial charge in [0.15, 0.2) is 0 Å². The molecule has 17 heavy (non-hydrogen) atoms. The Kier molecular flexibility index (Phi) is 5.07. The van der Waals surface area contributed by atoms with Gasteiger partial charge in [-0.25, -0.2) is 0 Å². The van der Waals surface area contributed by atoms with Gasteiger partial charge < -0.3 is 4.90 Å². The van der Waals surface area contributed by atoms with Crippen molar-refractivity contribution in [3.05, 3.63) is 0 Å². The fourth-order valence-electron chi connectivity index (χ4n) is 3.81. The summed E-state index contributed by atoms with van der Waals surface area (Å²) in [4.78, 5) is 2.53. The van der Waals surface area contributed by atoms with Crippen LogP contribution in [0.15, 0.2) is 0 Å². The Morgan fingerprint density at radius 3 is 2.12 bits per heavy atom. The van der Waals surface area contributed by atoms with E-state index >= 15 is 0 Å². The van der Waals surface area contributed by atoms with E-state index in [-0.39, 0.29) is 0 Å². The number of hydrogen-bond acceptors (Lipinski definition) is 1. The Morgan fingerprint density at radius 2 is 1.71 bits per heavy atom. The molecule has 0 aromatic carbocycles. The van der Waals surface area contributed by atoms with E-state index in [1.54, 1.807) is 0 Å². The number of piperidine rings is 1. The molecule has 2 rings (SSSR count). The van der Waals surface area contributed by atoms with Gasteiger partial charge >= 0.3 is 0 Å². The molecule has 0 aromatic heterocycles. The van der Waals surface area contributed by atoms with Crippen LogP contribution in [0.2, 0.25) is 0 Å². The predicted octanol–water partition coefficient (Wildman–Crippen LogP) is 4.57. The monoisotopic (exact) mass is 239 g/mol. The van der Waals surface area contributed by atoms with Crippen molar-refractivity contribution in [3.8, 4) is 0 Å². The maximum Gasteiger partial charge on any atom is 0.00353 e. The van der Waals surface area contributed by atoms with Gasteiger partial charge in [0, 0.05) is 6.54 Å². The van der Waals surface area contributed by atoms with Crippen LogP contribution in [0.25, 0.3) is 0 Å². The molecule has 1 aliphatic heterocycles. The van der Waals surface area contributed by atoms with E-state index in [2.05, 4.69) is 46.6 Å². The van der Waals surface area contributed by atoms with E-state index in [9.17, 15) is 0 Å². The Labute approximate surface area is 109 Å². The van der Waals surface area contributed by atoms with Gasteiger partial charge in [-0.2, -0.15) is 0 Å². The second-order valence-corrected chi connectivity index (χ2v) is 7.21. The fraction of sp³-hybridized carbons (Fsp3) is 1.00. The minimum Gasteiger partial charge on any atom is -0.306 e. The van der Waals surface area contributed by atoms with Crippen molar-refractivity contribution < 1.29 is 0 Å². The average molecular weight is 239 g/mol. The van der Waals surface area contributed by atoms with Gasteiger partial charge in [-0.15, -0.1) is 0 Å². The molecule has 1 nitrogen and oxygen atoms in total. The molecule has 1 heterocycles. The molecule has 1 heteroatoms. The third-order valence-electron chi connectivity index (χ3n) is 4.80. The first-order chi connectivity index (χ1) is 7.87. The minimum absolute atomic E-state index is 0.651. The van der Waals surface area contributed by atoms with Crippen molar-refractivity contribution in [1.29, 1.82) is 0 Å².